The lowest BCUT2D eigenvalue weighted by atomic mass is 10.1. The van der Waals surface area contributed by atoms with E-state index < -0.39 is 0 Å². The number of hydrogen-bond acceptors (Lipinski definition) is 8. The molecule has 0 saturated heterocycles. The highest BCUT2D eigenvalue weighted by Crippen LogP contribution is 2.31. The predicted octanol–water partition coefficient (Wildman–Crippen LogP) is 5.59. The molecule has 0 aliphatic carbocycles. The van der Waals surface area contributed by atoms with Gasteiger partial charge in [0.15, 0.2) is 14.8 Å². The van der Waals surface area contributed by atoms with Crippen molar-refractivity contribution in [3.63, 3.8) is 0 Å². The van der Waals surface area contributed by atoms with E-state index in [2.05, 4.69) is 11.4 Å². The highest BCUT2D eigenvalue weighted by molar-refractivity contribution is 7.99. The molecule has 5 rings (SSSR count). The third kappa shape index (κ3) is 5.04. The van der Waals surface area contributed by atoms with Gasteiger partial charge in [0.1, 0.15) is 16.2 Å². The maximum absolute atomic E-state index is 14.0. The smallest absolute Gasteiger partial charge is 0.278 e. The standard InChI is InChI=1S/C27H24N4O4S3/c1-16-10-11-19(17(2)13-16)30-24-23(38-27(30)36)25(33)31(20-8-4-5-9-21(20)34-3)26(29-24)37-15-22(32)28-14-18-7-6-12-35-18/h4-13H,14-15H2,1-3H3,(H,28,32). The summed E-state index contributed by atoms with van der Waals surface area (Å²) in [6, 6.07) is 16.8. The van der Waals surface area contributed by atoms with E-state index in [9.17, 15) is 9.59 Å². The summed E-state index contributed by atoms with van der Waals surface area (Å²) in [5.41, 5.74) is 3.72. The second-order valence-corrected chi connectivity index (χ2v) is 11.1. The maximum Gasteiger partial charge on any atom is 0.278 e. The number of carbonyl (C=O) groups excluding carboxylic acids is 1. The van der Waals surface area contributed by atoms with Crippen molar-refractivity contribution in [3.8, 4) is 17.1 Å². The Kier molecular flexibility index (Phi) is 7.50. The fourth-order valence-electron chi connectivity index (χ4n) is 4.11. The average molecular weight is 565 g/mol. The number of para-hydroxylation sites is 2. The number of furan rings is 1. The minimum atomic E-state index is -0.280. The molecule has 0 spiro atoms. The zero-order chi connectivity index (χ0) is 26.8. The number of amides is 1. The average Bonchev–Trinajstić information content (AvgIpc) is 3.54. The summed E-state index contributed by atoms with van der Waals surface area (Å²) < 4.78 is 15.1. The molecule has 8 nitrogen and oxygen atoms in total. The monoisotopic (exact) mass is 564 g/mol. The number of nitrogens with one attached hydrogen (secondary N) is 1. The van der Waals surface area contributed by atoms with Gasteiger partial charge >= 0.3 is 0 Å². The van der Waals surface area contributed by atoms with E-state index in [1.807, 2.05) is 42.7 Å². The highest BCUT2D eigenvalue weighted by Gasteiger charge is 2.22. The first kappa shape index (κ1) is 26.0. The zero-order valence-corrected chi connectivity index (χ0v) is 23.3. The van der Waals surface area contributed by atoms with E-state index in [1.54, 1.807) is 37.6 Å². The van der Waals surface area contributed by atoms with E-state index in [0.29, 0.717) is 36.7 Å². The number of carbonyl (C=O) groups is 1. The number of nitrogens with zero attached hydrogens (tertiary/aromatic N) is 3. The third-order valence-electron chi connectivity index (χ3n) is 5.87. The molecule has 1 N–H and O–H groups in total. The highest BCUT2D eigenvalue weighted by atomic mass is 32.2. The van der Waals surface area contributed by atoms with E-state index in [1.165, 1.54) is 27.7 Å². The molecule has 0 saturated carbocycles. The molecule has 0 bridgehead atoms. The van der Waals surface area contributed by atoms with E-state index in [4.69, 9.17) is 26.4 Å². The van der Waals surface area contributed by atoms with Gasteiger partial charge in [0.25, 0.3) is 5.56 Å². The zero-order valence-electron chi connectivity index (χ0n) is 20.9. The van der Waals surface area contributed by atoms with Crippen LogP contribution in [0.5, 0.6) is 5.75 Å². The Balaban J connectivity index is 1.63. The first-order valence-corrected chi connectivity index (χ1v) is 13.9. The molecule has 0 aliphatic heterocycles. The molecule has 2 aromatic carbocycles. The molecule has 0 unspecified atom stereocenters. The van der Waals surface area contributed by atoms with Crippen LogP contribution in [0.25, 0.3) is 21.7 Å². The minimum Gasteiger partial charge on any atom is -0.495 e. The predicted molar refractivity (Wildman–Crippen MR) is 153 cm³/mol. The number of ether oxygens (including phenoxy) is 1. The molecule has 0 aliphatic rings. The summed E-state index contributed by atoms with van der Waals surface area (Å²) in [5, 5.41) is 3.18. The van der Waals surface area contributed by atoms with Gasteiger partial charge in [-0.1, -0.05) is 52.9 Å². The van der Waals surface area contributed by atoms with Crippen molar-refractivity contribution in [2.24, 2.45) is 0 Å². The van der Waals surface area contributed by atoms with Gasteiger partial charge in [-0.3, -0.25) is 18.7 Å². The first-order chi connectivity index (χ1) is 18.4. The van der Waals surface area contributed by atoms with Crippen molar-refractivity contribution >= 4 is 51.6 Å². The molecule has 3 aromatic heterocycles. The van der Waals surface area contributed by atoms with Crippen LogP contribution in [0.4, 0.5) is 0 Å². The van der Waals surface area contributed by atoms with Crippen LogP contribution < -0.4 is 15.6 Å². The second-order valence-electron chi connectivity index (χ2n) is 8.50. The Bertz CT molecular complexity index is 1750. The summed E-state index contributed by atoms with van der Waals surface area (Å²) in [7, 11) is 1.55. The number of aryl methyl sites for hydroxylation is 2. The minimum absolute atomic E-state index is 0.0439. The van der Waals surface area contributed by atoms with Gasteiger partial charge in [0.05, 0.1) is 37.0 Å². The molecule has 5 aromatic rings. The Morgan fingerprint density at radius 3 is 2.68 bits per heavy atom. The number of rotatable bonds is 8. The molecule has 38 heavy (non-hydrogen) atoms. The Morgan fingerprint density at radius 1 is 1.13 bits per heavy atom. The number of thiazole rings is 1. The summed E-state index contributed by atoms with van der Waals surface area (Å²) in [4.78, 5) is 31.5. The quantitative estimate of drug-likeness (QED) is 0.149. The Labute approximate surface area is 231 Å². The number of methoxy groups -OCH3 is 1. The lowest BCUT2D eigenvalue weighted by molar-refractivity contribution is -0.118. The Morgan fingerprint density at radius 2 is 1.95 bits per heavy atom. The largest absolute Gasteiger partial charge is 0.495 e. The van der Waals surface area contributed by atoms with Crippen molar-refractivity contribution in [1.82, 2.24) is 19.4 Å². The van der Waals surface area contributed by atoms with Gasteiger partial charge in [-0.2, -0.15) is 0 Å². The van der Waals surface area contributed by atoms with Gasteiger partial charge in [0.2, 0.25) is 5.91 Å². The number of benzene rings is 2. The number of aromatic nitrogens is 3. The van der Waals surface area contributed by atoms with E-state index in [0.717, 1.165) is 16.8 Å². The van der Waals surface area contributed by atoms with Crippen LogP contribution in [0.2, 0.25) is 0 Å². The molecule has 194 valence electrons. The molecular formula is C27H24N4O4S3. The molecule has 3 heterocycles. The summed E-state index contributed by atoms with van der Waals surface area (Å²) in [6.07, 6.45) is 1.56. The summed E-state index contributed by atoms with van der Waals surface area (Å²) in [6.45, 7) is 4.30. The fraction of sp³-hybridized carbons (Fsp3) is 0.185. The Hall–Kier alpha value is -3.67. The SMILES string of the molecule is COc1ccccc1-n1c(SCC(=O)NCc2ccco2)nc2c(sc(=S)n2-c2ccc(C)cc2C)c1=O. The third-order valence-corrected chi connectivity index (χ3v) is 8.16. The maximum atomic E-state index is 14.0. The molecule has 0 radical (unpaired) electrons. The van der Waals surface area contributed by atoms with Crippen LogP contribution in [-0.2, 0) is 11.3 Å². The summed E-state index contributed by atoms with van der Waals surface area (Å²) in [5.74, 6) is 0.989. The van der Waals surface area contributed by atoms with Crippen LogP contribution in [0.3, 0.4) is 0 Å². The lowest BCUT2D eigenvalue weighted by Gasteiger charge is -2.15. The first-order valence-electron chi connectivity index (χ1n) is 11.7. The lowest BCUT2D eigenvalue weighted by Crippen LogP contribution is -2.26. The number of fused-ring (bicyclic) bond motifs is 1. The molecule has 0 atom stereocenters. The van der Waals surface area contributed by atoms with Gasteiger partial charge < -0.3 is 14.5 Å². The van der Waals surface area contributed by atoms with E-state index >= 15 is 0 Å². The van der Waals surface area contributed by atoms with Crippen molar-refractivity contribution in [2.75, 3.05) is 12.9 Å². The van der Waals surface area contributed by atoms with Crippen molar-refractivity contribution in [3.05, 3.63) is 92.1 Å². The summed E-state index contributed by atoms with van der Waals surface area (Å²) >= 11 is 8.09. The van der Waals surface area contributed by atoms with Crippen LogP contribution in [-0.4, -0.2) is 32.9 Å². The van der Waals surface area contributed by atoms with Gasteiger partial charge in [-0.05, 0) is 62.0 Å². The topological polar surface area (TPSA) is 91.3 Å². The molecule has 0 fully saturated rings. The van der Waals surface area contributed by atoms with Crippen LogP contribution >= 0.6 is 35.3 Å². The fourth-order valence-corrected chi connectivity index (χ4v) is 6.22. The second kappa shape index (κ2) is 11.0. The normalized spacial score (nSPS) is 11.1. The van der Waals surface area contributed by atoms with Crippen LogP contribution in [0.15, 0.2) is 75.2 Å². The molecular weight excluding hydrogens is 541 g/mol. The van der Waals surface area contributed by atoms with Crippen molar-refractivity contribution in [1.29, 1.82) is 0 Å². The van der Waals surface area contributed by atoms with Crippen molar-refractivity contribution in [2.45, 2.75) is 25.5 Å². The van der Waals surface area contributed by atoms with Gasteiger partial charge in [0, 0.05) is 0 Å². The number of thioether (sulfide) groups is 1. The van der Waals surface area contributed by atoms with Crippen LogP contribution in [0, 0.1) is 17.8 Å². The molecule has 11 heteroatoms. The van der Waals surface area contributed by atoms with Crippen LogP contribution in [0.1, 0.15) is 16.9 Å². The number of hydrogen-bond donors (Lipinski definition) is 1. The van der Waals surface area contributed by atoms with Gasteiger partial charge in [-0.25, -0.2) is 4.98 Å². The van der Waals surface area contributed by atoms with Gasteiger partial charge in [-0.15, -0.1) is 0 Å². The van der Waals surface area contributed by atoms with E-state index in [-0.39, 0.29) is 23.8 Å². The van der Waals surface area contributed by atoms with Crippen molar-refractivity contribution < 1.29 is 13.9 Å². The molecule has 1 amide bonds.